The molecular formula is C21H15N3. The molecule has 0 saturated heterocycles. The Kier molecular flexibility index (Phi) is 3.82. The highest BCUT2D eigenvalue weighted by atomic mass is 14.7. The van der Waals surface area contributed by atoms with Crippen LogP contribution < -0.4 is 0 Å². The molecule has 0 amide bonds. The Hall–Kier alpha value is -3.33. The van der Waals surface area contributed by atoms with Crippen molar-refractivity contribution in [2.24, 2.45) is 0 Å². The minimum Gasteiger partial charge on any atom is -0.256 e. The van der Waals surface area contributed by atoms with Crippen molar-refractivity contribution in [1.82, 2.24) is 15.0 Å². The SMILES string of the molecule is c1ccc2ncccc2c1.c1cnc2cc3cccnc3cc2c1. The molecule has 0 aliphatic carbocycles. The zero-order chi connectivity index (χ0) is 16.2. The lowest BCUT2D eigenvalue weighted by molar-refractivity contribution is 1.39. The third-order valence-electron chi connectivity index (χ3n) is 3.84. The molecule has 0 saturated carbocycles. The molecule has 0 aliphatic heterocycles. The van der Waals surface area contributed by atoms with Crippen LogP contribution in [0, 0.1) is 0 Å². The number of nitrogens with zero attached hydrogens (tertiary/aromatic N) is 3. The molecule has 0 fully saturated rings. The number of pyridine rings is 3. The summed E-state index contributed by atoms with van der Waals surface area (Å²) < 4.78 is 0. The monoisotopic (exact) mass is 309 g/mol. The number of rotatable bonds is 0. The predicted molar refractivity (Wildman–Crippen MR) is 98.8 cm³/mol. The molecule has 3 heterocycles. The molecule has 0 unspecified atom stereocenters. The molecule has 3 aromatic heterocycles. The largest absolute Gasteiger partial charge is 0.256 e. The van der Waals surface area contributed by atoms with Gasteiger partial charge >= 0.3 is 0 Å². The van der Waals surface area contributed by atoms with Crippen LogP contribution in [0.5, 0.6) is 0 Å². The maximum Gasteiger partial charge on any atom is 0.0709 e. The van der Waals surface area contributed by atoms with Crippen molar-refractivity contribution >= 4 is 32.7 Å². The Balaban J connectivity index is 0.000000129. The second kappa shape index (κ2) is 6.42. The van der Waals surface area contributed by atoms with Gasteiger partial charge in [0.2, 0.25) is 0 Å². The zero-order valence-corrected chi connectivity index (χ0v) is 13.0. The summed E-state index contributed by atoms with van der Waals surface area (Å²) >= 11 is 0. The van der Waals surface area contributed by atoms with Crippen molar-refractivity contribution in [3.8, 4) is 0 Å². The predicted octanol–water partition coefficient (Wildman–Crippen LogP) is 5.02. The Morgan fingerprint density at radius 2 is 0.875 bits per heavy atom. The number of hydrogen-bond donors (Lipinski definition) is 0. The van der Waals surface area contributed by atoms with Crippen molar-refractivity contribution in [1.29, 1.82) is 0 Å². The highest BCUT2D eigenvalue weighted by Crippen LogP contribution is 2.18. The molecule has 114 valence electrons. The van der Waals surface area contributed by atoms with E-state index in [1.165, 1.54) is 5.39 Å². The lowest BCUT2D eigenvalue weighted by Crippen LogP contribution is -1.81. The Morgan fingerprint density at radius 1 is 0.417 bits per heavy atom. The molecule has 5 rings (SSSR count). The van der Waals surface area contributed by atoms with Gasteiger partial charge in [-0.2, -0.15) is 0 Å². The quantitative estimate of drug-likeness (QED) is 0.377. The van der Waals surface area contributed by atoms with Gasteiger partial charge in [0.15, 0.2) is 0 Å². The van der Waals surface area contributed by atoms with E-state index in [9.17, 15) is 0 Å². The first-order chi connectivity index (χ1) is 11.9. The van der Waals surface area contributed by atoms with Crippen LogP contribution in [-0.4, -0.2) is 15.0 Å². The van der Waals surface area contributed by atoms with E-state index in [-0.39, 0.29) is 0 Å². The van der Waals surface area contributed by atoms with E-state index >= 15 is 0 Å². The summed E-state index contributed by atoms with van der Waals surface area (Å²) in [6, 6.07) is 24.2. The van der Waals surface area contributed by atoms with E-state index < -0.39 is 0 Å². The molecule has 0 aliphatic rings. The van der Waals surface area contributed by atoms with Crippen LogP contribution in [0.3, 0.4) is 0 Å². The van der Waals surface area contributed by atoms with Gasteiger partial charge in [0.25, 0.3) is 0 Å². The molecule has 0 atom stereocenters. The van der Waals surface area contributed by atoms with Crippen molar-refractivity contribution in [2.45, 2.75) is 0 Å². The van der Waals surface area contributed by atoms with Gasteiger partial charge in [-0.1, -0.05) is 36.4 Å². The molecule has 0 spiro atoms. The minimum absolute atomic E-state index is 1.02. The molecule has 5 aromatic rings. The van der Waals surface area contributed by atoms with Crippen molar-refractivity contribution in [3.05, 3.63) is 91.4 Å². The summed E-state index contributed by atoms with van der Waals surface area (Å²) in [6.07, 6.45) is 5.43. The summed E-state index contributed by atoms with van der Waals surface area (Å²) in [5, 5.41) is 3.47. The van der Waals surface area contributed by atoms with Gasteiger partial charge in [0, 0.05) is 34.7 Å². The first-order valence-electron chi connectivity index (χ1n) is 7.79. The molecule has 0 N–H and O–H groups in total. The lowest BCUT2D eigenvalue weighted by Gasteiger charge is -1.99. The highest BCUT2D eigenvalue weighted by Gasteiger charge is 1.97. The number of hydrogen-bond acceptors (Lipinski definition) is 3. The van der Waals surface area contributed by atoms with Crippen LogP contribution in [0.4, 0.5) is 0 Å². The Bertz CT molecular complexity index is 949. The van der Waals surface area contributed by atoms with Gasteiger partial charge in [-0.25, -0.2) is 0 Å². The van der Waals surface area contributed by atoms with Crippen molar-refractivity contribution in [2.75, 3.05) is 0 Å². The first kappa shape index (κ1) is 14.3. The highest BCUT2D eigenvalue weighted by molar-refractivity contribution is 5.94. The topological polar surface area (TPSA) is 38.7 Å². The Labute approximate surface area is 139 Å². The molecule has 3 nitrogen and oxygen atoms in total. The van der Waals surface area contributed by atoms with Crippen LogP contribution >= 0.6 is 0 Å². The second-order valence-corrected chi connectivity index (χ2v) is 5.44. The van der Waals surface area contributed by atoms with Crippen LogP contribution in [0.1, 0.15) is 0 Å². The molecule has 2 aromatic carbocycles. The van der Waals surface area contributed by atoms with Crippen molar-refractivity contribution in [3.63, 3.8) is 0 Å². The van der Waals surface area contributed by atoms with E-state index in [0.717, 1.165) is 27.3 Å². The van der Waals surface area contributed by atoms with Crippen LogP contribution in [0.2, 0.25) is 0 Å². The fourth-order valence-corrected chi connectivity index (χ4v) is 2.66. The average Bonchev–Trinajstić information content (AvgIpc) is 2.67. The summed E-state index contributed by atoms with van der Waals surface area (Å²) in [5.74, 6) is 0. The summed E-state index contributed by atoms with van der Waals surface area (Å²) in [5.41, 5.74) is 3.10. The van der Waals surface area contributed by atoms with E-state index in [1.807, 2.05) is 55.0 Å². The molecule has 3 heteroatoms. The standard InChI is InChI=1S/C12H8N2.C9H7N/c1-3-9-7-12-10(4-2-6-14-12)8-11(9)13-5-1;1-2-6-9-8(4-1)5-3-7-10-9/h1-8H;1-7H. The number of fused-ring (bicyclic) bond motifs is 3. The van der Waals surface area contributed by atoms with Crippen LogP contribution in [0.25, 0.3) is 32.7 Å². The number of aromatic nitrogens is 3. The molecule has 0 radical (unpaired) electrons. The normalized spacial score (nSPS) is 10.5. The maximum absolute atomic E-state index is 4.30. The smallest absolute Gasteiger partial charge is 0.0709 e. The molecule has 24 heavy (non-hydrogen) atoms. The maximum atomic E-state index is 4.30. The van der Waals surface area contributed by atoms with Crippen molar-refractivity contribution < 1.29 is 0 Å². The fourth-order valence-electron chi connectivity index (χ4n) is 2.66. The van der Waals surface area contributed by atoms with Gasteiger partial charge in [-0.15, -0.1) is 0 Å². The lowest BCUT2D eigenvalue weighted by atomic mass is 10.1. The molecular weight excluding hydrogens is 294 g/mol. The van der Waals surface area contributed by atoms with Gasteiger partial charge < -0.3 is 0 Å². The summed E-state index contributed by atoms with van der Waals surface area (Å²) in [7, 11) is 0. The zero-order valence-electron chi connectivity index (χ0n) is 13.0. The van der Waals surface area contributed by atoms with Gasteiger partial charge in [-0.3, -0.25) is 15.0 Å². The van der Waals surface area contributed by atoms with Gasteiger partial charge in [-0.05, 0) is 36.4 Å². The van der Waals surface area contributed by atoms with Gasteiger partial charge in [0.05, 0.1) is 16.6 Å². The van der Waals surface area contributed by atoms with Crippen LogP contribution in [0.15, 0.2) is 91.4 Å². The first-order valence-corrected chi connectivity index (χ1v) is 7.79. The van der Waals surface area contributed by atoms with E-state index in [1.54, 1.807) is 0 Å². The fraction of sp³-hybridized carbons (Fsp3) is 0. The van der Waals surface area contributed by atoms with E-state index in [4.69, 9.17) is 0 Å². The third-order valence-corrected chi connectivity index (χ3v) is 3.84. The Morgan fingerprint density at radius 3 is 1.46 bits per heavy atom. The van der Waals surface area contributed by atoms with Crippen LogP contribution in [-0.2, 0) is 0 Å². The second-order valence-electron chi connectivity index (χ2n) is 5.44. The third kappa shape index (κ3) is 2.92. The van der Waals surface area contributed by atoms with E-state index in [2.05, 4.69) is 51.4 Å². The average molecular weight is 309 g/mol. The number of para-hydroxylation sites is 1. The summed E-state index contributed by atoms with van der Waals surface area (Å²) in [4.78, 5) is 12.8. The van der Waals surface area contributed by atoms with E-state index in [0.29, 0.717) is 0 Å². The van der Waals surface area contributed by atoms with Gasteiger partial charge in [0.1, 0.15) is 0 Å². The minimum atomic E-state index is 1.02. The molecule has 0 bridgehead atoms. The number of benzene rings is 2. The summed E-state index contributed by atoms with van der Waals surface area (Å²) in [6.45, 7) is 0.